The van der Waals surface area contributed by atoms with Gasteiger partial charge in [-0.3, -0.25) is 0 Å². The quantitative estimate of drug-likeness (QED) is 0.771. The van der Waals surface area contributed by atoms with E-state index in [1.54, 1.807) is 13.2 Å². The van der Waals surface area contributed by atoms with Crippen molar-refractivity contribution in [1.29, 1.82) is 5.26 Å². The first-order chi connectivity index (χ1) is 9.26. The lowest BCUT2D eigenvalue weighted by Gasteiger charge is -2.12. The SMILES string of the molecule is COc1ccc(C)cc1/C(=C/C#N)c1ccccc1. The van der Waals surface area contributed by atoms with Crippen molar-refractivity contribution in [1.82, 2.24) is 0 Å². The largest absolute Gasteiger partial charge is 0.496 e. The molecule has 19 heavy (non-hydrogen) atoms. The van der Waals surface area contributed by atoms with Crippen molar-refractivity contribution in [3.63, 3.8) is 0 Å². The number of aryl methyl sites for hydroxylation is 1. The van der Waals surface area contributed by atoms with Crippen LogP contribution in [0.5, 0.6) is 5.75 Å². The summed E-state index contributed by atoms with van der Waals surface area (Å²) >= 11 is 0. The third-order valence-corrected chi connectivity index (χ3v) is 2.94. The summed E-state index contributed by atoms with van der Waals surface area (Å²) in [6, 6.07) is 17.9. The van der Waals surface area contributed by atoms with Crippen molar-refractivity contribution in [3.05, 3.63) is 71.3 Å². The van der Waals surface area contributed by atoms with Crippen LogP contribution in [0.25, 0.3) is 5.57 Å². The third kappa shape index (κ3) is 2.83. The molecule has 0 fully saturated rings. The molecule has 94 valence electrons. The molecule has 2 aromatic rings. The minimum Gasteiger partial charge on any atom is -0.496 e. The Morgan fingerprint density at radius 1 is 1.16 bits per heavy atom. The van der Waals surface area contributed by atoms with Gasteiger partial charge in [0, 0.05) is 17.2 Å². The second-order valence-corrected chi connectivity index (χ2v) is 4.26. The number of ether oxygens (including phenoxy) is 1. The zero-order valence-corrected chi connectivity index (χ0v) is 11.1. The maximum atomic E-state index is 9.03. The summed E-state index contributed by atoms with van der Waals surface area (Å²) in [7, 11) is 1.64. The Bertz CT molecular complexity index is 636. The van der Waals surface area contributed by atoms with E-state index in [1.165, 1.54) is 0 Å². The molecule has 2 heteroatoms. The van der Waals surface area contributed by atoms with E-state index in [0.29, 0.717) is 0 Å². The molecular formula is C17H15NO. The van der Waals surface area contributed by atoms with Gasteiger partial charge in [-0.05, 0) is 24.6 Å². The molecule has 0 saturated carbocycles. The molecular weight excluding hydrogens is 234 g/mol. The number of benzene rings is 2. The number of rotatable bonds is 3. The molecule has 0 unspecified atom stereocenters. The first kappa shape index (κ1) is 12.9. The Balaban J connectivity index is 2.62. The summed E-state index contributed by atoms with van der Waals surface area (Å²) in [5, 5.41) is 9.03. The average molecular weight is 249 g/mol. The highest BCUT2D eigenvalue weighted by atomic mass is 16.5. The smallest absolute Gasteiger partial charge is 0.126 e. The number of methoxy groups -OCH3 is 1. The molecule has 2 aromatic carbocycles. The van der Waals surface area contributed by atoms with Crippen LogP contribution in [0, 0.1) is 18.3 Å². The predicted molar refractivity (Wildman–Crippen MR) is 76.9 cm³/mol. The number of nitriles is 1. The lowest BCUT2D eigenvalue weighted by atomic mass is 9.95. The maximum absolute atomic E-state index is 9.03. The fourth-order valence-electron chi connectivity index (χ4n) is 2.03. The van der Waals surface area contributed by atoms with Crippen LogP contribution in [0.3, 0.4) is 0 Å². The van der Waals surface area contributed by atoms with Crippen molar-refractivity contribution < 1.29 is 4.74 Å². The molecule has 0 spiro atoms. The van der Waals surface area contributed by atoms with Crippen LogP contribution in [-0.4, -0.2) is 7.11 Å². The van der Waals surface area contributed by atoms with Crippen LogP contribution in [0.15, 0.2) is 54.6 Å². The molecule has 0 amide bonds. The van der Waals surface area contributed by atoms with Crippen LogP contribution in [0.1, 0.15) is 16.7 Å². The number of hydrogen-bond donors (Lipinski definition) is 0. The first-order valence-corrected chi connectivity index (χ1v) is 6.06. The van der Waals surface area contributed by atoms with E-state index >= 15 is 0 Å². The number of nitrogens with zero attached hydrogens (tertiary/aromatic N) is 1. The highest BCUT2D eigenvalue weighted by Gasteiger charge is 2.10. The van der Waals surface area contributed by atoms with Crippen molar-refractivity contribution in [2.24, 2.45) is 0 Å². The normalized spacial score (nSPS) is 10.9. The van der Waals surface area contributed by atoms with E-state index in [0.717, 1.165) is 28.0 Å². The van der Waals surface area contributed by atoms with Crippen LogP contribution in [0.2, 0.25) is 0 Å². The molecule has 2 rings (SSSR count). The van der Waals surface area contributed by atoms with Gasteiger partial charge in [-0.25, -0.2) is 0 Å². The Hall–Kier alpha value is -2.53. The number of hydrogen-bond acceptors (Lipinski definition) is 2. The van der Waals surface area contributed by atoms with Gasteiger partial charge >= 0.3 is 0 Å². The van der Waals surface area contributed by atoms with E-state index in [9.17, 15) is 0 Å². The maximum Gasteiger partial charge on any atom is 0.126 e. The van der Waals surface area contributed by atoms with Crippen molar-refractivity contribution in [3.8, 4) is 11.8 Å². The van der Waals surface area contributed by atoms with Gasteiger partial charge in [0.25, 0.3) is 0 Å². The third-order valence-electron chi connectivity index (χ3n) is 2.94. The standard InChI is InChI=1S/C17H15NO/c1-13-8-9-17(19-2)16(12-13)15(10-11-18)14-6-4-3-5-7-14/h3-10,12H,1-2H3/b15-10+. The van der Waals surface area contributed by atoms with Crippen LogP contribution >= 0.6 is 0 Å². The molecule has 0 radical (unpaired) electrons. The van der Waals surface area contributed by atoms with Gasteiger partial charge in [0.05, 0.1) is 13.2 Å². The highest BCUT2D eigenvalue weighted by molar-refractivity contribution is 5.84. The minimum absolute atomic E-state index is 0.774. The average Bonchev–Trinajstić information content (AvgIpc) is 2.45. The zero-order valence-electron chi connectivity index (χ0n) is 11.1. The Labute approximate surface area is 113 Å². The van der Waals surface area contributed by atoms with Crippen LogP contribution < -0.4 is 4.74 Å². The van der Waals surface area contributed by atoms with Crippen LogP contribution in [-0.2, 0) is 0 Å². The zero-order chi connectivity index (χ0) is 13.7. The van der Waals surface area contributed by atoms with Gasteiger partial charge in [0.1, 0.15) is 5.75 Å². The summed E-state index contributed by atoms with van der Waals surface area (Å²) in [4.78, 5) is 0. The monoisotopic (exact) mass is 249 g/mol. The molecule has 0 N–H and O–H groups in total. The van der Waals surface area contributed by atoms with E-state index in [1.807, 2.05) is 55.5 Å². The van der Waals surface area contributed by atoms with Crippen molar-refractivity contribution >= 4 is 5.57 Å². The van der Waals surface area contributed by atoms with Gasteiger partial charge in [0.15, 0.2) is 0 Å². The van der Waals surface area contributed by atoms with Gasteiger partial charge in [-0.2, -0.15) is 5.26 Å². The Morgan fingerprint density at radius 3 is 2.53 bits per heavy atom. The summed E-state index contributed by atoms with van der Waals surface area (Å²) in [6.45, 7) is 2.03. The molecule has 0 aliphatic heterocycles. The van der Waals surface area contributed by atoms with Gasteiger partial charge in [-0.1, -0.05) is 42.0 Å². The Kier molecular flexibility index (Phi) is 4.00. The minimum atomic E-state index is 0.774. The fraction of sp³-hybridized carbons (Fsp3) is 0.118. The lowest BCUT2D eigenvalue weighted by Crippen LogP contribution is -1.94. The van der Waals surface area contributed by atoms with E-state index < -0.39 is 0 Å². The topological polar surface area (TPSA) is 33.0 Å². The number of allylic oxidation sites excluding steroid dienone is 1. The van der Waals surface area contributed by atoms with Crippen molar-refractivity contribution in [2.75, 3.05) is 7.11 Å². The predicted octanol–water partition coefficient (Wildman–Crippen LogP) is 3.96. The fourth-order valence-corrected chi connectivity index (χ4v) is 2.03. The second kappa shape index (κ2) is 5.88. The summed E-state index contributed by atoms with van der Waals surface area (Å²) in [5.41, 5.74) is 3.96. The molecule has 0 aliphatic carbocycles. The van der Waals surface area contributed by atoms with E-state index in [4.69, 9.17) is 10.00 Å². The van der Waals surface area contributed by atoms with Crippen LogP contribution in [0.4, 0.5) is 0 Å². The molecule has 0 aliphatic rings. The molecule has 0 aromatic heterocycles. The Morgan fingerprint density at radius 2 is 1.89 bits per heavy atom. The first-order valence-electron chi connectivity index (χ1n) is 6.06. The second-order valence-electron chi connectivity index (χ2n) is 4.26. The highest BCUT2D eigenvalue weighted by Crippen LogP contribution is 2.31. The van der Waals surface area contributed by atoms with Gasteiger partial charge in [-0.15, -0.1) is 0 Å². The molecule has 0 bridgehead atoms. The van der Waals surface area contributed by atoms with Gasteiger partial charge in [0.2, 0.25) is 0 Å². The van der Waals surface area contributed by atoms with E-state index in [-0.39, 0.29) is 0 Å². The van der Waals surface area contributed by atoms with Crippen molar-refractivity contribution in [2.45, 2.75) is 6.92 Å². The molecule has 0 atom stereocenters. The van der Waals surface area contributed by atoms with Gasteiger partial charge < -0.3 is 4.74 Å². The van der Waals surface area contributed by atoms with E-state index in [2.05, 4.69) is 6.07 Å². The molecule has 2 nitrogen and oxygen atoms in total. The molecule has 0 saturated heterocycles. The molecule has 0 heterocycles. The summed E-state index contributed by atoms with van der Waals surface area (Å²) in [6.07, 6.45) is 1.56. The lowest BCUT2D eigenvalue weighted by molar-refractivity contribution is 0.413. The summed E-state index contributed by atoms with van der Waals surface area (Å²) < 4.78 is 5.40. The summed E-state index contributed by atoms with van der Waals surface area (Å²) in [5.74, 6) is 0.774.